The first-order valence-electron chi connectivity index (χ1n) is 5.16. The summed E-state index contributed by atoms with van der Waals surface area (Å²) in [6, 6.07) is 0.356. The Balaban J connectivity index is 3.18. The highest BCUT2D eigenvalue weighted by Gasteiger charge is 2.00. The average molecular weight is 202 g/mol. The van der Waals surface area contributed by atoms with E-state index in [9.17, 15) is 4.79 Å². The number of hydrogen-bond acceptors (Lipinski definition) is 3. The number of nitrogens with one attached hydrogen (secondary N) is 2. The van der Waals surface area contributed by atoms with Crippen LogP contribution in [0.1, 0.15) is 26.7 Å². The lowest BCUT2D eigenvalue weighted by atomic mass is 10.3. The van der Waals surface area contributed by atoms with E-state index in [1.165, 1.54) is 0 Å². The molecule has 0 aromatic rings. The highest BCUT2D eigenvalue weighted by atomic mass is 16.5. The summed E-state index contributed by atoms with van der Waals surface area (Å²) in [6.45, 7) is 5.95. The number of hydrogen-bond donors (Lipinski definition) is 2. The van der Waals surface area contributed by atoms with Crippen LogP contribution >= 0.6 is 0 Å². The molecular weight excluding hydrogens is 180 g/mol. The second-order valence-electron chi connectivity index (χ2n) is 3.59. The molecule has 0 bridgehead atoms. The first kappa shape index (κ1) is 13.4. The molecule has 4 heteroatoms. The first-order chi connectivity index (χ1) is 6.66. The summed E-state index contributed by atoms with van der Waals surface area (Å²) in [5, 5.41) is 5.90. The van der Waals surface area contributed by atoms with Crippen molar-refractivity contribution in [3.63, 3.8) is 0 Å². The standard InChI is InChI=1S/C10H22N2O2/c1-9(2)12-8-10(13)11-6-4-5-7-14-3/h9,12H,4-8H2,1-3H3,(H,11,13). The van der Waals surface area contributed by atoms with E-state index in [1.807, 2.05) is 13.8 Å². The third-order valence-electron chi connectivity index (χ3n) is 1.77. The highest BCUT2D eigenvalue weighted by molar-refractivity contribution is 5.77. The van der Waals surface area contributed by atoms with Gasteiger partial charge in [-0.05, 0) is 12.8 Å². The number of carbonyl (C=O) groups excluding carboxylic acids is 1. The van der Waals surface area contributed by atoms with Crippen LogP contribution in [0.3, 0.4) is 0 Å². The molecule has 4 nitrogen and oxygen atoms in total. The van der Waals surface area contributed by atoms with Gasteiger partial charge in [-0.1, -0.05) is 13.8 Å². The highest BCUT2D eigenvalue weighted by Crippen LogP contribution is 1.86. The minimum atomic E-state index is 0.0658. The predicted octanol–water partition coefficient (Wildman–Crippen LogP) is 0.527. The second-order valence-corrected chi connectivity index (χ2v) is 3.59. The number of ether oxygens (including phenoxy) is 1. The van der Waals surface area contributed by atoms with Crippen molar-refractivity contribution < 1.29 is 9.53 Å². The third-order valence-corrected chi connectivity index (χ3v) is 1.77. The van der Waals surface area contributed by atoms with E-state index in [1.54, 1.807) is 7.11 Å². The quantitative estimate of drug-likeness (QED) is 0.564. The molecule has 0 aliphatic heterocycles. The van der Waals surface area contributed by atoms with Gasteiger partial charge in [-0.25, -0.2) is 0 Å². The SMILES string of the molecule is COCCCCNC(=O)CNC(C)C. The van der Waals surface area contributed by atoms with Gasteiger partial charge in [-0.3, -0.25) is 4.79 Å². The fourth-order valence-electron chi connectivity index (χ4n) is 0.959. The number of methoxy groups -OCH3 is 1. The predicted molar refractivity (Wildman–Crippen MR) is 57.3 cm³/mol. The van der Waals surface area contributed by atoms with Gasteiger partial charge in [-0.2, -0.15) is 0 Å². The van der Waals surface area contributed by atoms with Crippen molar-refractivity contribution in [2.45, 2.75) is 32.7 Å². The Morgan fingerprint density at radius 1 is 1.36 bits per heavy atom. The van der Waals surface area contributed by atoms with E-state index >= 15 is 0 Å². The van der Waals surface area contributed by atoms with Crippen LogP contribution in [-0.4, -0.2) is 38.8 Å². The number of rotatable bonds is 8. The Bertz CT molecular complexity index is 149. The van der Waals surface area contributed by atoms with Gasteiger partial charge in [0.05, 0.1) is 6.54 Å². The molecule has 0 aliphatic rings. The van der Waals surface area contributed by atoms with Gasteiger partial charge in [0.15, 0.2) is 0 Å². The number of amides is 1. The van der Waals surface area contributed by atoms with Crippen molar-refractivity contribution in [2.75, 3.05) is 26.8 Å². The second kappa shape index (κ2) is 8.97. The molecule has 0 saturated carbocycles. The lowest BCUT2D eigenvalue weighted by molar-refractivity contribution is -0.120. The molecular formula is C10H22N2O2. The molecule has 0 aliphatic carbocycles. The maximum absolute atomic E-state index is 11.2. The molecule has 0 fully saturated rings. The minimum Gasteiger partial charge on any atom is -0.385 e. The maximum Gasteiger partial charge on any atom is 0.233 e. The summed E-state index contributed by atoms with van der Waals surface area (Å²) >= 11 is 0. The summed E-state index contributed by atoms with van der Waals surface area (Å²) in [5.74, 6) is 0.0658. The van der Waals surface area contributed by atoms with Gasteiger partial charge in [0.25, 0.3) is 0 Å². The Kier molecular flexibility index (Phi) is 8.57. The van der Waals surface area contributed by atoms with Crippen molar-refractivity contribution in [1.29, 1.82) is 0 Å². The van der Waals surface area contributed by atoms with Gasteiger partial charge in [0.1, 0.15) is 0 Å². The third kappa shape index (κ3) is 9.48. The lowest BCUT2D eigenvalue weighted by Gasteiger charge is -2.08. The number of unbranched alkanes of at least 4 members (excludes halogenated alkanes) is 1. The molecule has 1 amide bonds. The van der Waals surface area contributed by atoms with Gasteiger partial charge in [0, 0.05) is 26.3 Å². The van der Waals surface area contributed by atoms with Crippen LogP contribution in [0.25, 0.3) is 0 Å². The van der Waals surface area contributed by atoms with Gasteiger partial charge in [-0.15, -0.1) is 0 Å². The fourth-order valence-corrected chi connectivity index (χ4v) is 0.959. The van der Waals surface area contributed by atoms with Crippen molar-refractivity contribution in [3.05, 3.63) is 0 Å². The summed E-state index contributed by atoms with van der Waals surface area (Å²) in [7, 11) is 1.69. The van der Waals surface area contributed by atoms with E-state index in [-0.39, 0.29) is 5.91 Å². The summed E-state index contributed by atoms with van der Waals surface area (Å²) in [6.07, 6.45) is 1.97. The van der Waals surface area contributed by atoms with E-state index < -0.39 is 0 Å². The summed E-state index contributed by atoms with van der Waals surface area (Å²) in [4.78, 5) is 11.2. The van der Waals surface area contributed by atoms with E-state index in [4.69, 9.17) is 4.74 Å². The van der Waals surface area contributed by atoms with Crippen molar-refractivity contribution >= 4 is 5.91 Å². The van der Waals surface area contributed by atoms with Crippen LogP contribution in [0, 0.1) is 0 Å². The Labute approximate surface area is 86.4 Å². The van der Waals surface area contributed by atoms with Crippen molar-refractivity contribution in [3.8, 4) is 0 Å². The topological polar surface area (TPSA) is 50.4 Å². The first-order valence-corrected chi connectivity index (χ1v) is 5.16. The molecule has 0 unspecified atom stereocenters. The van der Waals surface area contributed by atoms with Gasteiger partial charge in [0.2, 0.25) is 5.91 Å². The Morgan fingerprint density at radius 3 is 2.64 bits per heavy atom. The Morgan fingerprint density at radius 2 is 2.07 bits per heavy atom. The fraction of sp³-hybridized carbons (Fsp3) is 0.900. The average Bonchev–Trinajstić information content (AvgIpc) is 2.14. The van der Waals surface area contributed by atoms with Crippen LogP contribution in [0.15, 0.2) is 0 Å². The smallest absolute Gasteiger partial charge is 0.233 e. The lowest BCUT2D eigenvalue weighted by Crippen LogP contribution is -2.37. The zero-order valence-corrected chi connectivity index (χ0v) is 9.43. The van der Waals surface area contributed by atoms with E-state index in [0.29, 0.717) is 12.6 Å². The molecule has 0 heterocycles. The molecule has 2 N–H and O–H groups in total. The van der Waals surface area contributed by atoms with Crippen LogP contribution in [0.2, 0.25) is 0 Å². The summed E-state index contributed by atoms with van der Waals surface area (Å²) in [5.41, 5.74) is 0. The minimum absolute atomic E-state index is 0.0658. The molecule has 0 aromatic carbocycles. The molecule has 0 rings (SSSR count). The van der Waals surface area contributed by atoms with Gasteiger partial charge >= 0.3 is 0 Å². The van der Waals surface area contributed by atoms with Crippen LogP contribution in [0.5, 0.6) is 0 Å². The molecule has 0 spiro atoms. The van der Waals surface area contributed by atoms with Crippen LogP contribution in [-0.2, 0) is 9.53 Å². The monoisotopic (exact) mass is 202 g/mol. The van der Waals surface area contributed by atoms with Crippen LogP contribution < -0.4 is 10.6 Å². The molecule has 0 aromatic heterocycles. The molecule has 14 heavy (non-hydrogen) atoms. The molecule has 84 valence electrons. The van der Waals surface area contributed by atoms with Crippen molar-refractivity contribution in [1.82, 2.24) is 10.6 Å². The van der Waals surface area contributed by atoms with Gasteiger partial charge < -0.3 is 15.4 Å². The molecule has 0 radical (unpaired) electrons. The normalized spacial score (nSPS) is 10.6. The zero-order chi connectivity index (χ0) is 10.8. The molecule has 0 saturated heterocycles. The van der Waals surface area contributed by atoms with Crippen molar-refractivity contribution in [2.24, 2.45) is 0 Å². The largest absolute Gasteiger partial charge is 0.385 e. The van der Waals surface area contributed by atoms with E-state index in [2.05, 4.69) is 10.6 Å². The molecule has 0 atom stereocenters. The Hall–Kier alpha value is -0.610. The summed E-state index contributed by atoms with van der Waals surface area (Å²) < 4.78 is 4.90. The van der Waals surface area contributed by atoms with E-state index in [0.717, 1.165) is 26.0 Å². The van der Waals surface area contributed by atoms with Crippen LogP contribution in [0.4, 0.5) is 0 Å². The maximum atomic E-state index is 11.2. The zero-order valence-electron chi connectivity index (χ0n) is 9.43. The number of carbonyl (C=O) groups is 1.